The maximum absolute atomic E-state index is 9.69. The van der Waals surface area contributed by atoms with Crippen LogP contribution in [0.5, 0.6) is 0 Å². The van der Waals surface area contributed by atoms with Gasteiger partial charge in [0, 0.05) is 18.5 Å². The summed E-state index contributed by atoms with van der Waals surface area (Å²) in [6.07, 6.45) is 3.41. The lowest BCUT2D eigenvalue weighted by atomic mass is 10.0. The van der Waals surface area contributed by atoms with Gasteiger partial charge in [-0.25, -0.2) is 4.98 Å². The molecular weight excluding hydrogens is 236 g/mol. The molecule has 1 N–H and O–H groups in total. The monoisotopic (exact) mass is 256 g/mol. The van der Waals surface area contributed by atoms with Crippen LogP contribution in [-0.2, 0) is 19.6 Å². The molecule has 0 unspecified atom stereocenters. The molecule has 1 aromatic carbocycles. The van der Waals surface area contributed by atoms with Gasteiger partial charge in [-0.15, -0.1) is 0 Å². The van der Waals surface area contributed by atoms with Gasteiger partial charge in [0.25, 0.3) is 0 Å². The van der Waals surface area contributed by atoms with Crippen molar-refractivity contribution in [2.75, 3.05) is 0 Å². The van der Waals surface area contributed by atoms with Crippen LogP contribution in [-0.4, -0.2) is 14.7 Å². The fourth-order valence-electron chi connectivity index (χ4n) is 2.83. The highest BCUT2D eigenvalue weighted by Crippen LogP contribution is 2.28. The smallest absolute Gasteiger partial charge is 0.109 e. The van der Waals surface area contributed by atoms with E-state index in [1.807, 2.05) is 0 Å². The summed E-state index contributed by atoms with van der Waals surface area (Å²) in [5.74, 6) is 1.13. The fraction of sp³-hybridized carbons (Fsp3) is 0.438. The van der Waals surface area contributed by atoms with Gasteiger partial charge in [-0.05, 0) is 43.9 Å². The minimum Gasteiger partial charge on any atom is -0.390 e. The van der Waals surface area contributed by atoms with Gasteiger partial charge in [-0.1, -0.05) is 12.1 Å². The van der Waals surface area contributed by atoms with E-state index < -0.39 is 0 Å². The first-order valence-electron chi connectivity index (χ1n) is 6.97. The van der Waals surface area contributed by atoms with E-state index in [0.717, 1.165) is 35.7 Å². The van der Waals surface area contributed by atoms with Crippen LogP contribution in [0.2, 0.25) is 0 Å². The number of hydrogen-bond donors (Lipinski definition) is 1. The van der Waals surface area contributed by atoms with Gasteiger partial charge < -0.3 is 9.67 Å². The lowest BCUT2D eigenvalue weighted by molar-refractivity contribution is 0.268. The Hall–Kier alpha value is -1.61. The summed E-state index contributed by atoms with van der Waals surface area (Å²) in [4.78, 5) is 4.77. The van der Waals surface area contributed by atoms with Gasteiger partial charge in [0.05, 0.1) is 18.0 Å². The number of imidazole rings is 1. The normalized spacial score (nSPS) is 14.5. The van der Waals surface area contributed by atoms with Crippen LogP contribution in [0.4, 0.5) is 0 Å². The number of hydrogen-bond acceptors (Lipinski definition) is 2. The van der Waals surface area contributed by atoms with E-state index >= 15 is 0 Å². The number of rotatable bonds is 2. The topological polar surface area (TPSA) is 38.0 Å². The molecule has 0 atom stereocenters. The van der Waals surface area contributed by atoms with Gasteiger partial charge >= 0.3 is 0 Å². The fourth-order valence-corrected chi connectivity index (χ4v) is 2.83. The molecule has 100 valence electrons. The molecule has 3 nitrogen and oxygen atoms in total. The molecule has 1 aromatic heterocycles. The minimum atomic E-state index is 0.0647. The highest BCUT2D eigenvalue weighted by atomic mass is 16.3. The van der Waals surface area contributed by atoms with E-state index in [1.54, 1.807) is 0 Å². The van der Waals surface area contributed by atoms with E-state index in [2.05, 4.69) is 36.6 Å². The molecule has 3 rings (SSSR count). The summed E-state index contributed by atoms with van der Waals surface area (Å²) in [7, 11) is 0. The van der Waals surface area contributed by atoms with Crippen LogP contribution in [0, 0.1) is 13.8 Å². The SMILES string of the molecule is Cc1ccc(-c2nc3n(c2CO)CCCC3)cc1C. The second kappa shape index (κ2) is 4.82. The molecule has 1 aliphatic rings. The molecule has 0 saturated heterocycles. The van der Waals surface area contributed by atoms with Gasteiger partial charge in [0.1, 0.15) is 5.82 Å². The third-order valence-corrected chi connectivity index (χ3v) is 4.11. The summed E-state index contributed by atoms with van der Waals surface area (Å²) in [6, 6.07) is 6.41. The van der Waals surface area contributed by atoms with Crippen molar-refractivity contribution in [3.8, 4) is 11.3 Å². The van der Waals surface area contributed by atoms with Crippen molar-refractivity contribution in [3.63, 3.8) is 0 Å². The number of aromatic nitrogens is 2. The summed E-state index contributed by atoms with van der Waals surface area (Å²) in [5, 5.41) is 9.69. The Balaban J connectivity index is 2.13. The highest BCUT2D eigenvalue weighted by molar-refractivity contribution is 5.64. The average Bonchev–Trinajstić information content (AvgIpc) is 2.80. The maximum atomic E-state index is 9.69. The number of fused-ring (bicyclic) bond motifs is 1. The predicted molar refractivity (Wildman–Crippen MR) is 76.0 cm³/mol. The molecule has 0 fully saturated rings. The molecular formula is C16H20N2O. The molecule has 19 heavy (non-hydrogen) atoms. The zero-order valence-corrected chi connectivity index (χ0v) is 11.6. The zero-order chi connectivity index (χ0) is 13.4. The lowest BCUT2D eigenvalue weighted by Crippen LogP contribution is -2.12. The molecule has 2 heterocycles. The third kappa shape index (κ3) is 2.08. The predicted octanol–water partition coefficient (Wildman–Crippen LogP) is 3.00. The Kier molecular flexibility index (Phi) is 3.15. The van der Waals surface area contributed by atoms with Crippen molar-refractivity contribution in [1.29, 1.82) is 0 Å². The Morgan fingerprint density at radius 2 is 2.05 bits per heavy atom. The second-order valence-electron chi connectivity index (χ2n) is 5.39. The van der Waals surface area contributed by atoms with Crippen molar-refractivity contribution in [2.45, 2.75) is 46.3 Å². The summed E-state index contributed by atoms with van der Waals surface area (Å²) >= 11 is 0. The highest BCUT2D eigenvalue weighted by Gasteiger charge is 2.20. The average molecular weight is 256 g/mol. The molecule has 3 heteroatoms. The molecule has 0 aliphatic carbocycles. The van der Waals surface area contributed by atoms with Crippen molar-refractivity contribution in [3.05, 3.63) is 40.8 Å². The second-order valence-corrected chi connectivity index (χ2v) is 5.39. The Morgan fingerprint density at radius 1 is 1.21 bits per heavy atom. The molecule has 0 amide bonds. The van der Waals surface area contributed by atoms with E-state index in [0.29, 0.717) is 0 Å². The summed E-state index contributed by atoms with van der Waals surface area (Å²) < 4.78 is 2.20. The Bertz CT molecular complexity index is 613. The van der Waals surface area contributed by atoms with Crippen LogP contribution < -0.4 is 0 Å². The molecule has 0 bridgehead atoms. The van der Waals surface area contributed by atoms with Crippen molar-refractivity contribution in [2.24, 2.45) is 0 Å². The van der Waals surface area contributed by atoms with Crippen molar-refractivity contribution in [1.82, 2.24) is 9.55 Å². The van der Waals surface area contributed by atoms with Crippen LogP contribution in [0.1, 0.15) is 35.5 Å². The van der Waals surface area contributed by atoms with E-state index in [9.17, 15) is 5.11 Å². The third-order valence-electron chi connectivity index (χ3n) is 4.11. The minimum absolute atomic E-state index is 0.0647. The molecule has 1 aliphatic heterocycles. The first-order chi connectivity index (χ1) is 9.20. The van der Waals surface area contributed by atoms with E-state index in [4.69, 9.17) is 4.98 Å². The molecule has 0 spiro atoms. The quantitative estimate of drug-likeness (QED) is 0.897. The van der Waals surface area contributed by atoms with Gasteiger partial charge in [0.2, 0.25) is 0 Å². The van der Waals surface area contributed by atoms with Gasteiger partial charge in [0.15, 0.2) is 0 Å². The lowest BCUT2D eigenvalue weighted by Gasteiger charge is -2.15. The van der Waals surface area contributed by atoms with Crippen LogP contribution in [0.15, 0.2) is 18.2 Å². The van der Waals surface area contributed by atoms with Crippen LogP contribution in [0.25, 0.3) is 11.3 Å². The van der Waals surface area contributed by atoms with Crippen molar-refractivity contribution >= 4 is 0 Å². The standard InChI is InChI=1S/C16H20N2O/c1-11-6-7-13(9-12(11)2)16-14(10-19)18-8-4-3-5-15(18)17-16/h6-7,9,19H,3-5,8,10H2,1-2H3. The van der Waals surface area contributed by atoms with Crippen LogP contribution >= 0.6 is 0 Å². The van der Waals surface area contributed by atoms with E-state index in [1.165, 1.54) is 24.0 Å². The number of aliphatic hydroxyl groups excluding tert-OH is 1. The number of nitrogens with zero attached hydrogens (tertiary/aromatic N) is 2. The molecule has 0 saturated carbocycles. The maximum Gasteiger partial charge on any atom is 0.109 e. The first kappa shape index (κ1) is 12.4. The number of aryl methyl sites for hydroxylation is 3. The zero-order valence-electron chi connectivity index (χ0n) is 11.6. The Morgan fingerprint density at radius 3 is 2.79 bits per heavy atom. The molecule has 0 radical (unpaired) electrons. The summed E-state index contributed by atoms with van der Waals surface area (Å²) in [6.45, 7) is 5.29. The summed E-state index contributed by atoms with van der Waals surface area (Å²) in [5.41, 5.74) is 5.61. The number of aliphatic hydroxyl groups is 1. The Labute approximate surface area is 113 Å². The van der Waals surface area contributed by atoms with E-state index in [-0.39, 0.29) is 6.61 Å². The van der Waals surface area contributed by atoms with Gasteiger partial charge in [-0.2, -0.15) is 0 Å². The number of benzene rings is 1. The first-order valence-corrected chi connectivity index (χ1v) is 6.97. The molecule has 2 aromatic rings. The van der Waals surface area contributed by atoms with Gasteiger partial charge in [-0.3, -0.25) is 0 Å². The van der Waals surface area contributed by atoms with Crippen molar-refractivity contribution < 1.29 is 5.11 Å². The largest absolute Gasteiger partial charge is 0.390 e. The van der Waals surface area contributed by atoms with Crippen LogP contribution in [0.3, 0.4) is 0 Å².